The predicted molar refractivity (Wildman–Crippen MR) is 93.7 cm³/mol. The average Bonchev–Trinajstić information content (AvgIpc) is 3.29. The van der Waals surface area contributed by atoms with Gasteiger partial charge in [0.05, 0.1) is 5.56 Å². The molecule has 27 heavy (non-hydrogen) atoms. The largest absolute Gasteiger partial charge is 0.478 e. The Kier molecular flexibility index (Phi) is 3.96. The lowest BCUT2D eigenvalue weighted by Crippen LogP contribution is -2.00. The quantitative estimate of drug-likeness (QED) is 0.598. The van der Waals surface area contributed by atoms with Crippen LogP contribution in [0.15, 0.2) is 55.1 Å². The molecule has 0 aliphatic heterocycles. The number of pyridine rings is 1. The van der Waals surface area contributed by atoms with E-state index >= 15 is 0 Å². The normalized spacial score (nSPS) is 10.9. The van der Waals surface area contributed by atoms with Crippen molar-refractivity contribution in [2.24, 2.45) is 7.05 Å². The second kappa shape index (κ2) is 6.45. The molecule has 4 aromatic rings. The van der Waals surface area contributed by atoms with E-state index in [1.807, 2.05) is 0 Å². The zero-order valence-corrected chi connectivity index (χ0v) is 14.1. The highest BCUT2D eigenvalue weighted by Gasteiger charge is 2.17. The third-order valence-electron chi connectivity index (χ3n) is 4.03. The van der Waals surface area contributed by atoms with Crippen LogP contribution in [0.3, 0.4) is 0 Å². The van der Waals surface area contributed by atoms with Gasteiger partial charge in [-0.15, -0.1) is 5.10 Å². The minimum absolute atomic E-state index is 0.105. The van der Waals surface area contributed by atoms with E-state index in [9.17, 15) is 9.18 Å². The molecule has 8 nitrogen and oxygen atoms in total. The van der Waals surface area contributed by atoms with Gasteiger partial charge in [-0.25, -0.2) is 23.8 Å². The topological polar surface area (TPSA) is 98.7 Å². The molecule has 0 saturated heterocycles. The molecule has 9 heteroatoms. The summed E-state index contributed by atoms with van der Waals surface area (Å²) in [5.74, 6) is -0.841. The van der Waals surface area contributed by atoms with Crippen molar-refractivity contribution in [1.82, 2.24) is 29.5 Å². The molecule has 1 aromatic carbocycles. The van der Waals surface area contributed by atoms with Gasteiger partial charge in [0.15, 0.2) is 0 Å². The Morgan fingerprint density at radius 1 is 1.11 bits per heavy atom. The molecule has 4 rings (SSSR count). The van der Waals surface area contributed by atoms with Gasteiger partial charge in [-0.05, 0) is 36.4 Å². The first-order valence-corrected chi connectivity index (χ1v) is 7.92. The second-order valence-electron chi connectivity index (χ2n) is 5.79. The summed E-state index contributed by atoms with van der Waals surface area (Å²) in [6.07, 6.45) is 4.60. The van der Waals surface area contributed by atoms with Crippen molar-refractivity contribution in [3.63, 3.8) is 0 Å². The fourth-order valence-electron chi connectivity index (χ4n) is 2.68. The van der Waals surface area contributed by atoms with Gasteiger partial charge in [-0.1, -0.05) is 5.21 Å². The number of carbonyl (C=O) groups is 1. The number of rotatable bonds is 4. The van der Waals surface area contributed by atoms with Gasteiger partial charge >= 0.3 is 5.97 Å². The molecule has 134 valence electrons. The van der Waals surface area contributed by atoms with Gasteiger partial charge in [0.25, 0.3) is 0 Å². The summed E-state index contributed by atoms with van der Waals surface area (Å²) < 4.78 is 16.5. The summed E-state index contributed by atoms with van der Waals surface area (Å²) in [5.41, 5.74) is 2.68. The lowest BCUT2D eigenvalue weighted by Gasteiger charge is -2.03. The van der Waals surface area contributed by atoms with Crippen molar-refractivity contribution in [3.8, 4) is 28.5 Å². The van der Waals surface area contributed by atoms with Gasteiger partial charge < -0.3 is 5.11 Å². The molecular formula is C18H13FN6O2. The zero-order chi connectivity index (χ0) is 19.0. The van der Waals surface area contributed by atoms with E-state index in [-0.39, 0.29) is 11.4 Å². The molecule has 0 radical (unpaired) electrons. The lowest BCUT2D eigenvalue weighted by molar-refractivity contribution is 0.0696. The molecule has 0 fully saturated rings. The molecule has 0 atom stereocenters. The van der Waals surface area contributed by atoms with Gasteiger partial charge in [-0.3, -0.25) is 4.57 Å². The van der Waals surface area contributed by atoms with Gasteiger partial charge in [-0.2, -0.15) is 0 Å². The minimum atomic E-state index is -1.04. The monoisotopic (exact) mass is 364 g/mol. The molecule has 0 amide bonds. The smallest absolute Gasteiger partial charge is 0.337 e. The van der Waals surface area contributed by atoms with Crippen LogP contribution in [0.2, 0.25) is 0 Å². The average molecular weight is 364 g/mol. The fourth-order valence-corrected chi connectivity index (χ4v) is 2.68. The van der Waals surface area contributed by atoms with Gasteiger partial charge in [0, 0.05) is 25.0 Å². The Morgan fingerprint density at radius 3 is 2.56 bits per heavy atom. The molecular weight excluding hydrogens is 351 g/mol. The van der Waals surface area contributed by atoms with E-state index < -0.39 is 5.97 Å². The Hall–Kier alpha value is -3.88. The summed E-state index contributed by atoms with van der Waals surface area (Å²) in [5, 5.41) is 17.2. The maximum atomic E-state index is 13.2. The van der Waals surface area contributed by atoms with Gasteiger partial charge in [0.1, 0.15) is 35.0 Å². The molecule has 0 bridgehead atoms. The summed E-state index contributed by atoms with van der Waals surface area (Å²) in [7, 11) is 1.74. The lowest BCUT2D eigenvalue weighted by atomic mass is 10.1. The van der Waals surface area contributed by atoms with E-state index in [4.69, 9.17) is 5.11 Å². The fraction of sp³-hybridized carbons (Fsp3) is 0.0556. The predicted octanol–water partition coefficient (Wildman–Crippen LogP) is 2.57. The number of aromatic carboxylic acids is 1. The molecule has 1 N–H and O–H groups in total. The van der Waals surface area contributed by atoms with Crippen LogP contribution >= 0.6 is 0 Å². The van der Waals surface area contributed by atoms with Crippen LogP contribution in [-0.2, 0) is 7.05 Å². The third kappa shape index (κ3) is 3.06. The Labute approximate surface area is 152 Å². The van der Waals surface area contributed by atoms with Crippen LogP contribution < -0.4 is 0 Å². The van der Waals surface area contributed by atoms with Crippen LogP contribution in [0.4, 0.5) is 4.39 Å². The van der Waals surface area contributed by atoms with E-state index in [2.05, 4.69) is 20.3 Å². The summed E-state index contributed by atoms with van der Waals surface area (Å²) in [6.45, 7) is 0. The second-order valence-corrected chi connectivity index (χ2v) is 5.79. The maximum Gasteiger partial charge on any atom is 0.337 e. The van der Waals surface area contributed by atoms with Crippen LogP contribution in [0.25, 0.3) is 28.5 Å². The van der Waals surface area contributed by atoms with Crippen molar-refractivity contribution in [3.05, 3.63) is 66.5 Å². The van der Waals surface area contributed by atoms with Crippen LogP contribution in [0, 0.1) is 5.82 Å². The number of hydrogen-bond donors (Lipinski definition) is 1. The van der Waals surface area contributed by atoms with E-state index in [0.29, 0.717) is 22.9 Å². The molecule has 0 saturated carbocycles. The van der Waals surface area contributed by atoms with E-state index in [0.717, 1.165) is 5.56 Å². The number of carboxylic acids is 1. The first kappa shape index (κ1) is 16.6. The standard InChI is InChI=1S/C18H13FN6O2/c1-24-17(16(22-23-24)11-2-5-13(19)6-3-11)14-9-25(10-21-14)15-7-4-12(8-20-15)18(26)27/h2-10H,1H3,(H,26,27). The minimum Gasteiger partial charge on any atom is -0.478 e. The third-order valence-corrected chi connectivity index (χ3v) is 4.03. The zero-order valence-electron chi connectivity index (χ0n) is 14.1. The molecule has 0 spiro atoms. The highest BCUT2D eigenvalue weighted by molar-refractivity contribution is 5.87. The maximum absolute atomic E-state index is 13.2. The van der Waals surface area contributed by atoms with Crippen molar-refractivity contribution in [2.45, 2.75) is 0 Å². The number of aryl methyl sites for hydroxylation is 1. The number of halogens is 1. The van der Waals surface area contributed by atoms with Crippen LogP contribution in [0.5, 0.6) is 0 Å². The van der Waals surface area contributed by atoms with Crippen LogP contribution in [0.1, 0.15) is 10.4 Å². The first-order valence-electron chi connectivity index (χ1n) is 7.92. The Morgan fingerprint density at radius 2 is 1.89 bits per heavy atom. The Balaban J connectivity index is 1.72. The van der Waals surface area contributed by atoms with Crippen molar-refractivity contribution in [2.75, 3.05) is 0 Å². The summed E-state index contributed by atoms with van der Waals surface area (Å²) in [4.78, 5) is 19.5. The summed E-state index contributed by atoms with van der Waals surface area (Å²) >= 11 is 0. The molecule has 3 heterocycles. The van der Waals surface area contributed by atoms with E-state index in [1.165, 1.54) is 24.4 Å². The number of benzene rings is 1. The van der Waals surface area contributed by atoms with Crippen LogP contribution in [-0.4, -0.2) is 40.6 Å². The van der Waals surface area contributed by atoms with Crippen molar-refractivity contribution in [1.29, 1.82) is 0 Å². The first-order chi connectivity index (χ1) is 13.0. The highest BCUT2D eigenvalue weighted by Crippen LogP contribution is 2.29. The molecule has 0 aliphatic carbocycles. The van der Waals surface area contributed by atoms with Crippen molar-refractivity contribution < 1.29 is 14.3 Å². The van der Waals surface area contributed by atoms with Gasteiger partial charge in [0.2, 0.25) is 0 Å². The number of imidazole rings is 1. The summed E-state index contributed by atoms with van der Waals surface area (Å²) in [6, 6.07) is 9.05. The number of carboxylic acid groups (broad SMARTS) is 1. The SMILES string of the molecule is Cn1nnc(-c2ccc(F)cc2)c1-c1cn(-c2ccc(C(=O)O)cn2)cn1. The number of aromatic nitrogens is 6. The molecule has 0 unspecified atom stereocenters. The molecule has 0 aliphatic rings. The van der Waals surface area contributed by atoms with Crippen molar-refractivity contribution >= 4 is 5.97 Å². The van der Waals surface area contributed by atoms with E-state index in [1.54, 1.807) is 47.0 Å². The highest BCUT2D eigenvalue weighted by atomic mass is 19.1. The Bertz CT molecular complexity index is 1120. The molecule has 3 aromatic heterocycles. The number of nitrogens with zero attached hydrogens (tertiary/aromatic N) is 6. The number of hydrogen-bond acceptors (Lipinski definition) is 5.